The molecule has 3 heteroatoms. The van der Waals surface area contributed by atoms with Crippen LogP contribution in [0.3, 0.4) is 0 Å². The van der Waals surface area contributed by atoms with Crippen LogP contribution in [-0.2, 0) is 14.3 Å². The molecule has 0 unspecified atom stereocenters. The van der Waals surface area contributed by atoms with Gasteiger partial charge < -0.3 is 4.74 Å². The number of hydrogen-bond donors (Lipinski definition) is 0. The lowest BCUT2D eigenvalue weighted by molar-refractivity contribution is -0.151. The Hall–Kier alpha value is -1.12. The molecule has 0 fully saturated rings. The maximum absolute atomic E-state index is 11.1. The molecule has 0 bridgehead atoms. The van der Waals surface area contributed by atoms with E-state index in [0.29, 0.717) is 11.1 Å². The molecule has 0 saturated carbocycles. The zero-order valence-corrected chi connectivity index (χ0v) is 6.76. The summed E-state index contributed by atoms with van der Waals surface area (Å²) in [5.41, 5.74) is 1.27. The molecule has 0 aromatic rings. The van der Waals surface area contributed by atoms with Crippen molar-refractivity contribution in [3.63, 3.8) is 0 Å². The fraction of sp³-hybridized carbons (Fsp3) is 0.556. The molecule has 3 nitrogen and oxygen atoms in total. The molecule has 1 heterocycles. The third kappa shape index (κ3) is 1.05. The highest BCUT2D eigenvalue weighted by Crippen LogP contribution is 2.29. The molecule has 2 rings (SSSR count). The minimum atomic E-state index is -0.406. The average molecular weight is 166 g/mol. The van der Waals surface area contributed by atoms with Gasteiger partial charge in [-0.2, -0.15) is 0 Å². The van der Waals surface area contributed by atoms with Gasteiger partial charge in [-0.1, -0.05) is 6.42 Å². The molecule has 0 spiro atoms. The number of hydrogen-bond acceptors (Lipinski definition) is 3. The van der Waals surface area contributed by atoms with E-state index in [-0.39, 0.29) is 0 Å². The van der Waals surface area contributed by atoms with Crippen LogP contribution in [0.15, 0.2) is 11.1 Å². The molecule has 0 radical (unpaired) electrons. The summed E-state index contributed by atoms with van der Waals surface area (Å²) >= 11 is 0. The molecule has 0 aromatic carbocycles. The second-order valence-electron chi connectivity index (χ2n) is 3.19. The Labute approximate surface area is 70.4 Å². The van der Waals surface area contributed by atoms with E-state index in [9.17, 15) is 9.59 Å². The Morgan fingerprint density at radius 3 is 1.83 bits per heavy atom. The van der Waals surface area contributed by atoms with Crippen LogP contribution in [0.4, 0.5) is 0 Å². The van der Waals surface area contributed by atoms with Gasteiger partial charge in [0.05, 0.1) is 0 Å². The summed E-state index contributed by atoms with van der Waals surface area (Å²) in [5.74, 6) is -0.811. The van der Waals surface area contributed by atoms with Crippen LogP contribution < -0.4 is 0 Å². The van der Waals surface area contributed by atoms with Crippen molar-refractivity contribution >= 4 is 11.9 Å². The number of carbonyl (C=O) groups is 2. The Morgan fingerprint density at radius 2 is 1.33 bits per heavy atom. The van der Waals surface area contributed by atoms with Gasteiger partial charge in [0, 0.05) is 11.1 Å². The third-order valence-corrected chi connectivity index (χ3v) is 2.40. The fourth-order valence-corrected chi connectivity index (χ4v) is 1.74. The number of cyclic esters (lactones) is 2. The van der Waals surface area contributed by atoms with Crippen molar-refractivity contribution in [3.05, 3.63) is 11.1 Å². The number of esters is 2. The number of carbonyl (C=O) groups excluding carboxylic acids is 2. The van der Waals surface area contributed by atoms with Gasteiger partial charge in [-0.3, -0.25) is 0 Å². The van der Waals surface area contributed by atoms with Gasteiger partial charge in [-0.25, -0.2) is 9.59 Å². The highest BCUT2D eigenvalue weighted by atomic mass is 16.6. The normalized spacial score (nSPS) is 23.7. The first-order chi connectivity index (χ1) is 5.79. The van der Waals surface area contributed by atoms with E-state index in [1.807, 2.05) is 0 Å². The first kappa shape index (κ1) is 7.53. The lowest BCUT2D eigenvalue weighted by Crippen LogP contribution is -2.03. The maximum atomic E-state index is 11.1. The van der Waals surface area contributed by atoms with E-state index in [2.05, 4.69) is 4.74 Å². The van der Waals surface area contributed by atoms with Gasteiger partial charge in [0.15, 0.2) is 0 Å². The van der Waals surface area contributed by atoms with E-state index in [0.717, 1.165) is 32.1 Å². The van der Waals surface area contributed by atoms with Crippen molar-refractivity contribution in [2.24, 2.45) is 0 Å². The molecule has 0 N–H and O–H groups in total. The van der Waals surface area contributed by atoms with E-state index in [1.54, 1.807) is 0 Å². The zero-order chi connectivity index (χ0) is 8.55. The van der Waals surface area contributed by atoms with E-state index in [1.165, 1.54) is 0 Å². The predicted molar refractivity (Wildman–Crippen MR) is 41.2 cm³/mol. The summed E-state index contributed by atoms with van der Waals surface area (Å²) in [6, 6.07) is 0. The fourth-order valence-electron chi connectivity index (χ4n) is 1.74. The number of ether oxygens (including phenoxy) is 1. The monoisotopic (exact) mass is 166 g/mol. The van der Waals surface area contributed by atoms with Crippen LogP contribution in [0.5, 0.6) is 0 Å². The Balaban J connectivity index is 2.33. The summed E-state index contributed by atoms with van der Waals surface area (Å²) in [5, 5.41) is 0. The summed E-state index contributed by atoms with van der Waals surface area (Å²) in [6.07, 6.45) is 4.55. The van der Waals surface area contributed by atoms with Crippen molar-refractivity contribution in [1.29, 1.82) is 0 Å². The summed E-state index contributed by atoms with van der Waals surface area (Å²) < 4.78 is 4.51. The Morgan fingerprint density at radius 1 is 0.833 bits per heavy atom. The molecule has 0 amide bonds. The minimum Gasteiger partial charge on any atom is -0.386 e. The maximum Gasteiger partial charge on any atom is 0.342 e. The molecule has 1 aliphatic carbocycles. The van der Waals surface area contributed by atoms with Crippen molar-refractivity contribution in [2.45, 2.75) is 32.1 Å². The molecular formula is C9H10O3. The summed E-state index contributed by atoms with van der Waals surface area (Å²) in [7, 11) is 0. The van der Waals surface area contributed by atoms with Crippen molar-refractivity contribution < 1.29 is 14.3 Å². The third-order valence-electron chi connectivity index (χ3n) is 2.40. The average Bonchev–Trinajstić information content (AvgIpc) is 2.29. The standard InChI is InChI=1S/C9H10O3/c10-8-6-4-2-1-3-5-7(6)9(11)12-8/h1-5H2. The van der Waals surface area contributed by atoms with Gasteiger partial charge in [0.25, 0.3) is 0 Å². The topological polar surface area (TPSA) is 43.4 Å². The Kier molecular flexibility index (Phi) is 1.71. The van der Waals surface area contributed by atoms with Gasteiger partial charge in [-0.15, -0.1) is 0 Å². The van der Waals surface area contributed by atoms with Gasteiger partial charge in [0.2, 0.25) is 0 Å². The molecule has 12 heavy (non-hydrogen) atoms. The lowest BCUT2D eigenvalue weighted by Gasteiger charge is -1.95. The van der Waals surface area contributed by atoms with Crippen molar-refractivity contribution in [1.82, 2.24) is 0 Å². The van der Waals surface area contributed by atoms with Crippen LogP contribution in [-0.4, -0.2) is 11.9 Å². The second-order valence-corrected chi connectivity index (χ2v) is 3.19. The molecular weight excluding hydrogens is 156 g/mol. The van der Waals surface area contributed by atoms with Crippen LogP contribution in [0, 0.1) is 0 Å². The van der Waals surface area contributed by atoms with Crippen LogP contribution in [0.2, 0.25) is 0 Å². The smallest absolute Gasteiger partial charge is 0.342 e. The van der Waals surface area contributed by atoms with Gasteiger partial charge in [0.1, 0.15) is 0 Å². The molecule has 0 saturated heterocycles. The molecule has 64 valence electrons. The van der Waals surface area contributed by atoms with Crippen LogP contribution >= 0.6 is 0 Å². The quantitative estimate of drug-likeness (QED) is 0.402. The first-order valence-corrected chi connectivity index (χ1v) is 4.27. The lowest BCUT2D eigenvalue weighted by atomic mass is 10.1. The van der Waals surface area contributed by atoms with E-state index >= 15 is 0 Å². The molecule has 1 aliphatic heterocycles. The van der Waals surface area contributed by atoms with E-state index in [4.69, 9.17) is 0 Å². The van der Waals surface area contributed by atoms with Crippen molar-refractivity contribution in [3.8, 4) is 0 Å². The largest absolute Gasteiger partial charge is 0.386 e. The molecule has 0 aromatic heterocycles. The summed E-state index contributed by atoms with van der Waals surface area (Å²) in [4.78, 5) is 22.1. The highest BCUT2D eigenvalue weighted by molar-refractivity contribution is 6.12. The Bertz CT molecular complexity index is 249. The minimum absolute atomic E-state index is 0.406. The molecule has 0 atom stereocenters. The number of rotatable bonds is 0. The SMILES string of the molecule is O=C1OC(=O)C2=C1CCCCC2. The zero-order valence-electron chi connectivity index (χ0n) is 6.76. The summed E-state index contributed by atoms with van der Waals surface area (Å²) in [6.45, 7) is 0. The van der Waals surface area contributed by atoms with Crippen LogP contribution in [0.25, 0.3) is 0 Å². The van der Waals surface area contributed by atoms with Gasteiger partial charge >= 0.3 is 11.9 Å². The second kappa shape index (κ2) is 2.73. The van der Waals surface area contributed by atoms with Gasteiger partial charge in [-0.05, 0) is 25.7 Å². The highest BCUT2D eigenvalue weighted by Gasteiger charge is 2.32. The van der Waals surface area contributed by atoms with E-state index < -0.39 is 11.9 Å². The van der Waals surface area contributed by atoms with Crippen molar-refractivity contribution in [2.75, 3.05) is 0 Å². The first-order valence-electron chi connectivity index (χ1n) is 4.27. The molecule has 2 aliphatic rings. The predicted octanol–water partition coefficient (Wildman–Crippen LogP) is 1.33. The van der Waals surface area contributed by atoms with Crippen LogP contribution in [0.1, 0.15) is 32.1 Å².